The highest BCUT2D eigenvalue weighted by atomic mass is 79.9. The van der Waals surface area contributed by atoms with Gasteiger partial charge in [-0.15, -0.1) is 0 Å². The lowest BCUT2D eigenvalue weighted by Gasteiger charge is -2.40. The highest BCUT2D eigenvalue weighted by molar-refractivity contribution is 9.10. The standard InChI is InChI=1S/C15H25BrN2OS/c1-14(2,3)13(11-8-9-17-12(16)10-11)18(7)20(19)15(4,5)6/h8-10,13H,1-7H3. The van der Waals surface area contributed by atoms with Crippen molar-refractivity contribution in [3.05, 3.63) is 28.5 Å². The normalized spacial score (nSPS) is 16.2. The average molecular weight is 361 g/mol. The maximum absolute atomic E-state index is 12.7. The highest BCUT2D eigenvalue weighted by Gasteiger charge is 2.36. The van der Waals surface area contributed by atoms with E-state index in [1.54, 1.807) is 6.20 Å². The second-order valence-electron chi connectivity index (χ2n) is 7.09. The second kappa shape index (κ2) is 6.24. The summed E-state index contributed by atoms with van der Waals surface area (Å²) in [5.74, 6) is 0. The van der Waals surface area contributed by atoms with Crippen LogP contribution in [0.5, 0.6) is 0 Å². The lowest BCUT2D eigenvalue weighted by atomic mass is 9.83. The highest BCUT2D eigenvalue weighted by Crippen LogP contribution is 2.39. The first-order valence-electron chi connectivity index (χ1n) is 6.71. The van der Waals surface area contributed by atoms with Gasteiger partial charge in [0.15, 0.2) is 0 Å². The fourth-order valence-electron chi connectivity index (χ4n) is 2.37. The minimum absolute atomic E-state index is 0.0313. The van der Waals surface area contributed by atoms with E-state index in [4.69, 9.17) is 0 Å². The fraction of sp³-hybridized carbons (Fsp3) is 0.667. The van der Waals surface area contributed by atoms with Gasteiger partial charge in [-0.25, -0.2) is 13.5 Å². The average Bonchev–Trinajstić information content (AvgIpc) is 2.24. The number of rotatable bonds is 3. The molecule has 0 aliphatic carbocycles. The lowest BCUT2D eigenvalue weighted by Crippen LogP contribution is -2.41. The van der Waals surface area contributed by atoms with Crippen LogP contribution in [0.1, 0.15) is 53.1 Å². The quantitative estimate of drug-likeness (QED) is 0.751. The number of aromatic nitrogens is 1. The maximum Gasteiger partial charge on any atom is 0.106 e. The van der Waals surface area contributed by atoms with Crippen molar-refractivity contribution in [3.63, 3.8) is 0 Å². The molecule has 114 valence electrons. The topological polar surface area (TPSA) is 33.2 Å². The maximum atomic E-state index is 12.7. The summed E-state index contributed by atoms with van der Waals surface area (Å²) in [5.41, 5.74) is 1.09. The molecule has 1 heterocycles. The van der Waals surface area contributed by atoms with E-state index in [1.807, 2.05) is 44.3 Å². The molecule has 0 saturated carbocycles. The third-order valence-electron chi connectivity index (χ3n) is 3.04. The Kier molecular flexibility index (Phi) is 5.55. The first-order chi connectivity index (χ1) is 8.94. The van der Waals surface area contributed by atoms with Crippen LogP contribution < -0.4 is 0 Å². The molecule has 20 heavy (non-hydrogen) atoms. The molecule has 0 bridgehead atoms. The number of hydrogen-bond donors (Lipinski definition) is 0. The Bertz CT molecular complexity index is 491. The molecular weight excluding hydrogens is 336 g/mol. The lowest BCUT2D eigenvalue weighted by molar-refractivity contribution is 0.205. The van der Waals surface area contributed by atoms with Crippen LogP contribution in [0.15, 0.2) is 22.9 Å². The summed E-state index contributed by atoms with van der Waals surface area (Å²) < 4.78 is 15.2. The molecule has 1 aromatic heterocycles. The van der Waals surface area contributed by atoms with Crippen molar-refractivity contribution < 1.29 is 4.21 Å². The Morgan fingerprint density at radius 2 is 1.80 bits per heavy atom. The predicted octanol–water partition coefficient (Wildman–Crippen LogP) is 4.33. The van der Waals surface area contributed by atoms with Crippen molar-refractivity contribution in [1.29, 1.82) is 0 Å². The SMILES string of the molecule is CN(C(c1ccnc(Br)c1)C(C)(C)C)S(=O)C(C)(C)C. The van der Waals surface area contributed by atoms with Crippen molar-refractivity contribution in [3.8, 4) is 0 Å². The Labute approximate surface area is 133 Å². The van der Waals surface area contributed by atoms with Gasteiger partial charge in [0.05, 0.1) is 10.8 Å². The Balaban J connectivity index is 3.25. The number of nitrogens with zero attached hydrogens (tertiary/aromatic N) is 2. The van der Waals surface area contributed by atoms with Crippen LogP contribution in [0.25, 0.3) is 0 Å². The van der Waals surface area contributed by atoms with Crippen molar-refractivity contribution in [2.24, 2.45) is 5.41 Å². The van der Waals surface area contributed by atoms with Crippen molar-refractivity contribution in [2.75, 3.05) is 7.05 Å². The Morgan fingerprint density at radius 1 is 1.25 bits per heavy atom. The van der Waals surface area contributed by atoms with Crippen LogP contribution in [0.2, 0.25) is 0 Å². The van der Waals surface area contributed by atoms with E-state index in [2.05, 4.69) is 41.7 Å². The third kappa shape index (κ3) is 4.37. The molecule has 0 aliphatic rings. The van der Waals surface area contributed by atoms with Gasteiger partial charge in [0.1, 0.15) is 15.6 Å². The van der Waals surface area contributed by atoms with Crippen molar-refractivity contribution in [1.82, 2.24) is 9.29 Å². The van der Waals surface area contributed by atoms with Gasteiger partial charge >= 0.3 is 0 Å². The summed E-state index contributed by atoms with van der Waals surface area (Å²) in [6.45, 7) is 12.5. The largest absolute Gasteiger partial charge is 0.249 e. The monoisotopic (exact) mass is 360 g/mol. The predicted molar refractivity (Wildman–Crippen MR) is 89.8 cm³/mol. The summed E-state index contributed by atoms with van der Waals surface area (Å²) >= 11 is 3.42. The zero-order valence-corrected chi connectivity index (χ0v) is 15.8. The molecule has 0 aliphatic heterocycles. The van der Waals surface area contributed by atoms with E-state index in [-0.39, 0.29) is 16.2 Å². The van der Waals surface area contributed by atoms with Crippen LogP contribution in [-0.2, 0) is 11.0 Å². The van der Waals surface area contributed by atoms with Gasteiger partial charge in [-0.2, -0.15) is 0 Å². The number of halogens is 1. The minimum atomic E-state index is -1.07. The Morgan fingerprint density at radius 3 is 2.20 bits per heavy atom. The van der Waals surface area contributed by atoms with Crippen molar-refractivity contribution >= 4 is 26.9 Å². The number of pyridine rings is 1. The van der Waals surface area contributed by atoms with Gasteiger partial charge < -0.3 is 0 Å². The van der Waals surface area contributed by atoms with E-state index in [0.29, 0.717) is 0 Å². The molecule has 0 spiro atoms. The van der Waals surface area contributed by atoms with E-state index >= 15 is 0 Å². The second-order valence-corrected chi connectivity index (χ2v) is 10.2. The summed E-state index contributed by atoms with van der Waals surface area (Å²) in [5, 5.41) is 0. The van der Waals surface area contributed by atoms with Crippen LogP contribution in [0, 0.1) is 5.41 Å². The van der Waals surface area contributed by atoms with Crippen LogP contribution >= 0.6 is 15.9 Å². The molecule has 3 nitrogen and oxygen atoms in total. The molecule has 0 N–H and O–H groups in total. The molecule has 2 unspecified atom stereocenters. The van der Waals surface area contributed by atoms with Gasteiger partial charge in [0.25, 0.3) is 0 Å². The summed E-state index contributed by atoms with van der Waals surface area (Å²) in [6, 6.07) is 4.06. The van der Waals surface area contributed by atoms with Gasteiger partial charge in [0.2, 0.25) is 0 Å². The van der Waals surface area contributed by atoms with E-state index < -0.39 is 11.0 Å². The van der Waals surface area contributed by atoms with Gasteiger partial charge in [-0.3, -0.25) is 0 Å². The van der Waals surface area contributed by atoms with Crippen LogP contribution in [-0.4, -0.2) is 25.3 Å². The molecule has 0 amide bonds. The molecule has 0 fully saturated rings. The molecular formula is C15H25BrN2OS. The van der Waals surface area contributed by atoms with Gasteiger partial charge in [-0.1, -0.05) is 20.8 Å². The molecule has 2 atom stereocenters. The van der Waals surface area contributed by atoms with E-state index in [1.165, 1.54) is 0 Å². The van der Waals surface area contributed by atoms with Gasteiger partial charge in [-0.05, 0) is 59.8 Å². The first-order valence-corrected chi connectivity index (χ1v) is 8.61. The molecule has 0 aromatic carbocycles. The smallest absolute Gasteiger partial charge is 0.106 e. The fourth-order valence-corrected chi connectivity index (χ4v) is 4.25. The minimum Gasteiger partial charge on any atom is -0.249 e. The van der Waals surface area contributed by atoms with Crippen LogP contribution in [0.3, 0.4) is 0 Å². The van der Waals surface area contributed by atoms with E-state index in [0.717, 1.165) is 10.2 Å². The van der Waals surface area contributed by atoms with Gasteiger partial charge in [0, 0.05) is 13.2 Å². The summed E-state index contributed by atoms with van der Waals surface area (Å²) in [6.07, 6.45) is 1.78. The zero-order chi connectivity index (χ0) is 15.7. The number of hydrogen-bond acceptors (Lipinski definition) is 2. The molecule has 1 rings (SSSR count). The Hall–Kier alpha value is -0.260. The van der Waals surface area contributed by atoms with E-state index in [9.17, 15) is 4.21 Å². The molecule has 0 radical (unpaired) electrons. The summed E-state index contributed by atoms with van der Waals surface area (Å²) in [7, 11) is 0.868. The first kappa shape index (κ1) is 17.8. The molecule has 5 heteroatoms. The summed E-state index contributed by atoms with van der Waals surface area (Å²) in [4.78, 5) is 4.18. The third-order valence-corrected chi connectivity index (χ3v) is 5.25. The molecule has 0 saturated heterocycles. The molecule has 1 aromatic rings. The van der Waals surface area contributed by atoms with Crippen LogP contribution in [0.4, 0.5) is 0 Å². The van der Waals surface area contributed by atoms with Crippen molar-refractivity contribution in [2.45, 2.75) is 52.3 Å². The zero-order valence-electron chi connectivity index (χ0n) is 13.4.